The molecule has 5 N–H and O–H groups in total. The number of hydrogen-bond acceptors (Lipinski definition) is 4. The van der Waals surface area contributed by atoms with E-state index < -0.39 is 18.1 Å². The van der Waals surface area contributed by atoms with Crippen molar-refractivity contribution in [1.82, 2.24) is 4.90 Å². The summed E-state index contributed by atoms with van der Waals surface area (Å²) in [6.45, 7) is 1.02. The van der Waals surface area contributed by atoms with E-state index in [1.807, 2.05) is 0 Å². The van der Waals surface area contributed by atoms with Gasteiger partial charge in [-0.25, -0.2) is 4.79 Å². The van der Waals surface area contributed by atoms with Gasteiger partial charge in [0.15, 0.2) is 0 Å². The van der Waals surface area contributed by atoms with Gasteiger partial charge in [0.05, 0.1) is 6.04 Å². The lowest BCUT2D eigenvalue weighted by atomic mass is 10.1. The molecule has 1 heterocycles. The van der Waals surface area contributed by atoms with E-state index >= 15 is 0 Å². The third kappa shape index (κ3) is 3.67. The largest absolute Gasteiger partial charge is 0.480 e. The molecule has 98 valence electrons. The molecule has 6 heteroatoms. The van der Waals surface area contributed by atoms with Gasteiger partial charge in [-0.2, -0.15) is 0 Å². The molecule has 0 bridgehead atoms. The number of aliphatic carboxylic acids is 1. The molecule has 0 radical (unpaired) electrons. The van der Waals surface area contributed by atoms with E-state index in [4.69, 9.17) is 12.3 Å². The van der Waals surface area contributed by atoms with Gasteiger partial charge in [-0.1, -0.05) is 6.42 Å². The van der Waals surface area contributed by atoms with Gasteiger partial charge in [-0.3, -0.25) is 4.79 Å². The highest BCUT2D eigenvalue weighted by Crippen LogP contribution is 2.19. The lowest BCUT2D eigenvalue weighted by Gasteiger charge is -2.24. The van der Waals surface area contributed by atoms with E-state index in [9.17, 15) is 9.59 Å². The molecule has 17 heavy (non-hydrogen) atoms. The molecule has 1 rings (SSSR count). The lowest BCUT2D eigenvalue weighted by molar-refractivity contribution is -0.148. The second kappa shape index (κ2) is 6.56. The van der Waals surface area contributed by atoms with Crippen molar-refractivity contribution >= 4 is 11.9 Å². The number of rotatable bonds is 7. The van der Waals surface area contributed by atoms with Crippen LogP contribution >= 0.6 is 0 Å². The molecule has 0 spiro atoms. The van der Waals surface area contributed by atoms with Crippen molar-refractivity contribution in [2.75, 3.05) is 13.1 Å². The van der Waals surface area contributed by atoms with Crippen LogP contribution in [0, 0.1) is 0 Å². The average Bonchev–Trinajstić information content (AvgIpc) is 2.83. The number of carbonyl (C=O) groups is 2. The highest BCUT2D eigenvalue weighted by molar-refractivity contribution is 5.87. The summed E-state index contributed by atoms with van der Waals surface area (Å²) in [6.07, 6.45) is 3.27. The van der Waals surface area contributed by atoms with Crippen LogP contribution in [0.2, 0.25) is 1.41 Å². The number of carbonyl (C=O) groups excluding carboxylic acids is 1. The predicted molar refractivity (Wildman–Crippen MR) is 63.3 cm³/mol. The molecule has 0 aromatic rings. The summed E-state index contributed by atoms with van der Waals surface area (Å²) in [5.74, 6) is -1.25. The Labute approximate surface area is 102 Å². The van der Waals surface area contributed by atoms with Crippen LogP contribution in [0.3, 0.4) is 0 Å². The van der Waals surface area contributed by atoms with Crippen LogP contribution in [0.25, 0.3) is 0 Å². The molecule has 1 amide bonds. The van der Waals surface area contributed by atoms with Gasteiger partial charge >= 0.3 is 5.97 Å². The van der Waals surface area contributed by atoms with Crippen LogP contribution in [0.4, 0.5) is 0 Å². The Kier molecular flexibility index (Phi) is 4.75. The summed E-state index contributed by atoms with van der Waals surface area (Å²) >= 11 is 0. The predicted octanol–water partition coefficient (Wildman–Crippen LogP) is -0.482. The summed E-state index contributed by atoms with van der Waals surface area (Å²) in [4.78, 5) is 24.5. The van der Waals surface area contributed by atoms with Crippen molar-refractivity contribution in [2.45, 2.75) is 44.2 Å². The van der Waals surface area contributed by atoms with Crippen molar-refractivity contribution < 1.29 is 16.1 Å². The number of nitrogens with zero attached hydrogens (tertiary/aromatic N) is 1. The van der Waals surface area contributed by atoms with Gasteiger partial charge in [-0.15, -0.1) is 0 Å². The molecule has 1 saturated heterocycles. The zero-order valence-electron chi connectivity index (χ0n) is 10.9. The number of carboxylic acid groups (broad SMARTS) is 1. The van der Waals surface area contributed by atoms with E-state index in [1.54, 1.807) is 0 Å². The Balaban J connectivity index is 2.57. The van der Waals surface area contributed by atoms with E-state index in [0.29, 0.717) is 32.4 Å². The fraction of sp³-hybridized carbons (Fsp3) is 0.818. The number of hydrogen-bond donors (Lipinski definition) is 3. The minimum Gasteiger partial charge on any atom is -0.480 e. The number of likely N-dealkylation sites (tertiary alicyclic amines) is 1. The molecule has 0 aromatic heterocycles. The molecule has 1 aliphatic rings. The summed E-state index contributed by atoms with van der Waals surface area (Å²) in [5.41, 5.74) is 7.60. The first-order valence-electron chi connectivity index (χ1n) is 6.52. The zero-order valence-corrected chi connectivity index (χ0v) is 9.89. The normalized spacial score (nSPS) is 22.3. The quantitative estimate of drug-likeness (QED) is 0.524. The topological polar surface area (TPSA) is 110 Å². The molecular formula is C11H21N3O3. The summed E-state index contributed by atoms with van der Waals surface area (Å²) in [6, 6.07) is -1.36. The lowest BCUT2D eigenvalue weighted by Crippen LogP contribution is -2.48. The standard InChI is InChI=1S/C11H21N3O3/c12-6-2-1-4-8(13)10(15)14-7-3-5-9(14)11(16)17/h8-9H,1-7,12-13H2,(H,16,17)/t8-,9-/m0/s1/i/hD. The van der Waals surface area contributed by atoms with Gasteiger partial charge in [-0.05, 0) is 32.2 Å². The van der Waals surface area contributed by atoms with Gasteiger partial charge in [0.2, 0.25) is 5.91 Å². The Bertz CT molecular complexity index is 301. The third-order valence-electron chi connectivity index (χ3n) is 3.07. The SMILES string of the molecule is [2H]N[C@@H](CCCCN)C(=O)N1CCC[C@H]1C(=O)O. The molecule has 6 nitrogen and oxygen atoms in total. The molecule has 1 aliphatic heterocycles. The fourth-order valence-corrected chi connectivity index (χ4v) is 2.10. The molecule has 0 saturated carbocycles. The average molecular weight is 244 g/mol. The highest BCUT2D eigenvalue weighted by atomic mass is 16.4. The van der Waals surface area contributed by atoms with Gasteiger partial charge < -0.3 is 21.5 Å². The number of unbranched alkanes of at least 4 members (excludes halogenated alkanes) is 1. The molecule has 0 aromatic carbocycles. The van der Waals surface area contributed by atoms with Crippen molar-refractivity contribution in [1.29, 1.82) is 0 Å². The van der Waals surface area contributed by atoms with Crippen molar-refractivity contribution in [2.24, 2.45) is 11.5 Å². The molecule has 0 aliphatic carbocycles. The van der Waals surface area contributed by atoms with E-state index in [-0.39, 0.29) is 5.91 Å². The minimum atomic E-state index is -0.966. The Hall–Kier alpha value is -1.14. The van der Waals surface area contributed by atoms with Crippen molar-refractivity contribution in [3.8, 4) is 0 Å². The zero-order chi connectivity index (χ0) is 13.5. The van der Waals surface area contributed by atoms with Gasteiger partial charge in [0.25, 0.3) is 0 Å². The molecular weight excluding hydrogens is 222 g/mol. The van der Waals surface area contributed by atoms with E-state index in [0.717, 1.165) is 12.8 Å². The van der Waals surface area contributed by atoms with Crippen LogP contribution in [-0.4, -0.2) is 47.1 Å². The Morgan fingerprint density at radius 1 is 1.53 bits per heavy atom. The fourth-order valence-electron chi connectivity index (χ4n) is 2.10. The van der Waals surface area contributed by atoms with Crippen molar-refractivity contribution in [3.63, 3.8) is 0 Å². The summed E-state index contributed by atoms with van der Waals surface area (Å²) in [7, 11) is 0. The molecule has 1 fully saturated rings. The maximum atomic E-state index is 12.1. The maximum absolute atomic E-state index is 12.1. The van der Waals surface area contributed by atoms with Crippen LogP contribution < -0.4 is 11.5 Å². The maximum Gasteiger partial charge on any atom is 0.326 e. The van der Waals surface area contributed by atoms with Crippen LogP contribution in [0.1, 0.15) is 32.1 Å². The first-order chi connectivity index (χ1) is 8.61. The van der Waals surface area contributed by atoms with E-state index in [1.165, 1.54) is 4.90 Å². The van der Waals surface area contributed by atoms with Crippen LogP contribution in [0.5, 0.6) is 0 Å². The molecule has 2 atom stereocenters. The Morgan fingerprint density at radius 2 is 2.29 bits per heavy atom. The Morgan fingerprint density at radius 3 is 2.88 bits per heavy atom. The summed E-state index contributed by atoms with van der Waals surface area (Å²) < 4.78 is 7.19. The van der Waals surface area contributed by atoms with Crippen LogP contribution in [-0.2, 0) is 9.59 Å². The number of amides is 1. The van der Waals surface area contributed by atoms with Gasteiger partial charge in [0, 0.05) is 6.54 Å². The summed E-state index contributed by atoms with van der Waals surface area (Å²) in [5, 5.41) is 9.02. The van der Waals surface area contributed by atoms with Crippen LogP contribution in [0.15, 0.2) is 0 Å². The monoisotopic (exact) mass is 244 g/mol. The smallest absolute Gasteiger partial charge is 0.326 e. The highest BCUT2D eigenvalue weighted by Gasteiger charge is 2.35. The second-order valence-electron chi connectivity index (χ2n) is 4.36. The van der Waals surface area contributed by atoms with Crippen molar-refractivity contribution in [3.05, 3.63) is 0 Å². The second-order valence-corrected chi connectivity index (χ2v) is 4.36. The number of nitrogens with two attached hydrogens (primary N) is 2. The third-order valence-corrected chi connectivity index (χ3v) is 3.07. The minimum absolute atomic E-state index is 0.285. The van der Waals surface area contributed by atoms with Gasteiger partial charge in [0.1, 0.15) is 7.45 Å². The first-order valence-corrected chi connectivity index (χ1v) is 6.02. The molecule has 0 unspecified atom stereocenters. The van der Waals surface area contributed by atoms with E-state index in [2.05, 4.69) is 5.73 Å². The number of carboxylic acids is 1. The first kappa shape index (κ1) is 12.3.